The van der Waals surface area contributed by atoms with E-state index in [1.807, 2.05) is 34.5 Å². The number of primary amides is 1. The van der Waals surface area contributed by atoms with Gasteiger partial charge in [-0.2, -0.15) is 5.10 Å². The first-order chi connectivity index (χ1) is 15.1. The summed E-state index contributed by atoms with van der Waals surface area (Å²) in [5.41, 5.74) is 6.24. The number of amides is 2. The number of furan rings is 1. The van der Waals surface area contributed by atoms with Crippen LogP contribution in [0.2, 0.25) is 0 Å². The highest BCUT2D eigenvalue weighted by Gasteiger charge is 2.35. The predicted molar refractivity (Wildman–Crippen MR) is 121 cm³/mol. The van der Waals surface area contributed by atoms with Gasteiger partial charge < -0.3 is 10.2 Å². The fourth-order valence-corrected chi connectivity index (χ4v) is 5.39. The summed E-state index contributed by atoms with van der Waals surface area (Å²) < 4.78 is 5.51. The molecule has 1 fully saturated rings. The van der Waals surface area contributed by atoms with Crippen LogP contribution in [0.1, 0.15) is 61.6 Å². The van der Waals surface area contributed by atoms with Crippen molar-refractivity contribution < 1.29 is 14.0 Å². The second-order valence-electron chi connectivity index (χ2n) is 8.47. The molecule has 166 valence electrons. The molecular weight excluding hydrogens is 412 g/mol. The number of carbonyl (C=O) groups excluding carboxylic acids is 2. The molecule has 0 bridgehead atoms. The third-order valence-electron chi connectivity index (χ3n) is 6.16. The van der Waals surface area contributed by atoms with Crippen LogP contribution in [0, 0.1) is 5.92 Å². The molecule has 0 spiro atoms. The van der Waals surface area contributed by atoms with E-state index in [4.69, 9.17) is 10.2 Å². The predicted octanol–water partition coefficient (Wildman–Crippen LogP) is 3.78. The van der Waals surface area contributed by atoms with Crippen LogP contribution >= 0.6 is 11.3 Å². The number of rotatable bonds is 9. The average molecular weight is 443 g/mol. The molecule has 0 saturated heterocycles. The molecular formula is C23H30N4O3S. The van der Waals surface area contributed by atoms with Crippen LogP contribution < -0.4 is 5.73 Å². The summed E-state index contributed by atoms with van der Waals surface area (Å²) in [5.74, 6) is 0.828. The minimum Gasteiger partial charge on any atom is -0.463 e. The van der Waals surface area contributed by atoms with Gasteiger partial charge in [-0.15, -0.1) is 11.3 Å². The fourth-order valence-electron chi connectivity index (χ4n) is 4.57. The summed E-state index contributed by atoms with van der Waals surface area (Å²) in [4.78, 5) is 27.9. The molecule has 7 nitrogen and oxygen atoms in total. The Hall–Kier alpha value is -2.45. The summed E-state index contributed by atoms with van der Waals surface area (Å²) in [7, 11) is 0. The summed E-state index contributed by atoms with van der Waals surface area (Å²) in [6.07, 6.45) is 9.56. The third kappa shape index (κ3) is 5.62. The monoisotopic (exact) mass is 442 g/mol. The van der Waals surface area contributed by atoms with Gasteiger partial charge in [-0.3, -0.25) is 14.5 Å². The number of carbonyl (C=O) groups is 2. The van der Waals surface area contributed by atoms with Gasteiger partial charge in [0, 0.05) is 11.3 Å². The molecule has 2 aromatic heterocycles. The average Bonchev–Trinajstić information content (AvgIpc) is 3.53. The maximum Gasteiger partial charge on any atom is 0.257 e. The Balaban J connectivity index is 1.46. The SMILES string of the molecule is NC(=O)CN(CCC1CCCCC1)CC(=O)N1N=C(c2ccco2)CC1c1cccs1. The van der Waals surface area contributed by atoms with Crippen molar-refractivity contribution in [1.82, 2.24) is 9.91 Å². The Morgan fingerprint density at radius 2 is 2.03 bits per heavy atom. The Bertz CT molecular complexity index is 888. The standard InChI is InChI=1S/C23H30N4O3S/c24-22(28)15-26(11-10-17-6-2-1-3-7-17)16-23(29)27-19(21-9-5-13-31-21)14-18(25-27)20-8-4-12-30-20/h4-5,8-9,12-13,17,19H,1-3,6-7,10-11,14-16H2,(H2,24,28). The number of thiophene rings is 1. The normalized spacial score (nSPS) is 19.7. The van der Waals surface area contributed by atoms with Gasteiger partial charge in [-0.05, 0) is 42.5 Å². The first-order valence-electron chi connectivity index (χ1n) is 11.1. The van der Waals surface area contributed by atoms with E-state index in [0.29, 0.717) is 24.6 Å². The van der Waals surface area contributed by atoms with E-state index in [9.17, 15) is 9.59 Å². The molecule has 2 aromatic rings. The number of hydrogen-bond donors (Lipinski definition) is 1. The molecule has 1 unspecified atom stereocenters. The molecule has 1 atom stereocenters. The van der Waals surface area contributed by atoms with E-state index in [0.717, 1.165) is 17.0 Å². The Morgan fingerprint density at radius 1 is 1.19 bits per heavy atom. The molecule has 2 N–H and O–H groups in total. The van der Waals surface area contributed by atoms with Crippen molar-refractivity contribution in [3.05, 3.63) is 46.5 Å². The van der Waals surface area contributed by atoms with Gasteiger partial charge >= 0.3 is 0 Å². The van der Waals surface area contributed by atoms with Gasteiger partial charge in [0.2, 0.25) is 5.91 Å². The molecule has 0 radical (unpaired) electrons. The van der Waals surface area contributed by atoms with E-state index < -0.39 is 5.91 Å². The van der Waals surface area contributed by atoms with Crippen molar-refractivity contribution in [1.29, 1.82) is 0 Å². The van der Waals surface area contributed by atoms with Crippen molar-refractivity contribution in [3.63, 3.8) is 0 Å². The summed E-state index contributed by atoms with van der Waals surface area (Å²) in [5, 5.41) is 8.19. The number of hydrazone groups is 1. The molecule has 1 aliphatic heterocycles. The minimum absolute atomic E-state index is 0.0880. The molecule has 1 saturated carbocycles. The molecule has 2 amide bonds. The Kier molecular flexibility index (Phi) is 7.19. The molecule has 3 heterocycles. The van der Waals surface area contributed by atoms with Crippen molar-refractivity contribution in [3.8, 4) is 0 Å². The van der Waals surface area contributed by atoms with Crippen molar-refractivity contribution in [2.24, 2.45) is 16.8 Å². The lowest BCUT2D eigenvalue weighted by atomic mass is 9.87. The van der Waals surface area contributed by atoms with E-state index in [1.165, 1.54) is 32.1 Å². The lowest BCUT2D eigenvalue weighted by molar-refractivity contribution is -0.134. The van der Waals surface area contributed by atoms with Crippen LogP contribution in [-0.4, -0.2) is 47.1 Å². The molecule has 0 aromatic carbocycles. The van der Waals surface area contributed by atoms with E-state index in [2.05, 4.69) is 5.10 Å². The highest BCUT2D eigenvalue weighted by Crippen LogP contribution is 2.35. The van der Waals surface area contributed by atoms with Crippen LogP contribution in [0.5, 0.6) is 0 Å². The Labute approximate surface area is 186 Å². The maximum atomic E-state index is 13.3. The van der Waals surface area contributed by atoms with Crippen molar-refractivity contribution in [2.45, 2.75) is 51.0 Å². The van der Waals surface area contributed by atoms with Crippen LogP contribution in [0.15, 0.2) is 45.4 Å². The van der Waals surface area contributed by atoms with Gasteiger partial charge in [0.15, 0.2) is 0 Å². The highest BCUT2D eigenvalue weighted by atomic mass is 32.1. The molecule has 1 aliphatic carbocycles. The highest BCUT2D eigenvalue weighted by molar-refractivity contribution is 7.10. The van der Waals surface area contributed by atoms with Crippen LogP contribution in [0.4, 0.5) is 0 Å². The number of nitrogens with two attached hydrogens (primary N) is 1. The first kappa shape index (κ1) is 21.8. The molecule has 4 rings (SSSR count). The van der Waals surface area contributed by atoms with E-state index >= 15 is 0 Å². The molecule has 31 heavy (non-hydrogen) atoms. The lowest BCUT2D eigenvalue weighted by Crippen LogP contribution is -2.42. The lowest BCUT2D eigenvalue weighted by Gasteiger charge is -2.28. The number of nitrogens with zero attached hydrogens (tertiary/aromatic N) is 3. The quantitative estimate of drug-likeness (QED) is 0.640. The van der Waals surface area contributed by atoms with E-state index in [-0.39, 0.29) is 25.0 Å². The first-order valence-corrected chi connectivity index (χ1v) is 12.0. The van der Waals surface area contributed by atoms with E-state index in [1.54, 1.807) is 22.6 Å². The van der Waals surface area contributed by atoms with Gasteiger partial charge in [0.05, 0.1) is 25.4 Å². The van der Waals surface area contributed by atoms with Gasteiger partial charge in [0.1, 0.15) is 11.5 Å². The summed E-state index contributed by atoms with van der Waals surface area (Å²) >= 11 is 1.61. The van der Waals surface area contributed by atoms with Crippen LogP contribution in [-0.2, 0) is 9.59 Å². The van der Waals surface area contributed by atoms with Gasteiger partial charge in [0.25, 0.3) is 5.91 Å². The van der Waals surface area contributed by atoms with Crippen molar-refractivity contribution >= 4 is 28.9 Å². The molecule has 2 aliphatic rings. The zero-order valence-corrected chi connectivity index (χ0v) is 18.6. The largest absolute Gasteiger partial charge is 0.463 e. The fraction of sp³-hybridized carbons (Fsp3) is 0.522. The van der Waals surface area contributed by atoms with Crippen molar-refractivity contribution in [2.75, 3.05) is 19.6 Å². The zero-order valence-electron chi connectivity index (χ0n) is 17.7. The Morgan fingerprint density at radius 3 is 2.71 bits per heavy atom. The van der Waals surface area contributed by atoms with Gasteiger partial charge in [-0.1, -0.05) is 38.2 Å². The summed E-state index contributed by atoms with van der Waals surface area (Å²) in [6, 6.07) is 7.54. The maximum absolute atomic E-state index is 13.3. The minimum atomic E-state index is -0.410. The second kappa shape index (κ2) is 10.2. The molecule has 8 heteroatoms. The third-order valence-corrected chi connectivity index (χ3v) is 7.13. The topological polar surface area (TPSA) is 92.1 Å². The number of hydrogen-bond acceptors (Lipinski definition) is 6. The van der Waals surface area contributed by atoms with Gasteiger partial charge in [-0.25, -0.2) is 5.01 Å². The van der Waals surface area contributed by atoms with Crippen LogP contribution in [0.3, 0.4) is 0 Å². The zero-order chi connectivity index (χ0) is 21.6. The second-order valence-corrected chi connectivity index (χ2v) is 9.45. The smallest absolute Gasteiger partial charge is 0.257 e. The van der Waals surface area contributed by atoms with Crippen LogP contribution in [0.25, 0.3) is 0 Å². The summed E-state index contributed by atoms with van der Waals surface area (Å²) in [6.45, 7) is 0.919.